The number of rotatable bonds is 4. The van der Waals surface area contributed by atoms with E-state index in [0.29, 0.717) is 5.92 Å². The van der Waals surface area contributed by atoms with Crippen LogP contribution in [-0.4, -0.2) is 5.78 Å². The van der Waals surface area contributed by atoms with Crippen molar-refractivity contribution >= 4 is 11.4 Å². The Morgan fingerprint density at radius 2 is 1.62 bits per heavy atom. The van der Waals surface area contributed by atoms with Crippen molar-refractivity contribution in [2.45, 2.75) is 51.4 Å². The van der Waals surface area contributed by atoms with E-state index < -0.39 is 0 Å². The quantitative estimate of drug-likeness (QED) is 0.567. The van der Waals surface area contributed by atoms with Crippen LogP contribution in [0.1, 0.15) is 72.9 Å². The number of hydrogen-bond acceptors (Lipinski definition) is 1. The van der Waals surface area contributed by atoms with E-state index in [0.717, 1.165) is 17.9 Å². The van der Waals surface area contributed by atoms with Gasteiger partial charge in [0.2, 0.25) is 0 Å². The van der Waals surface area contributed by atoms with Crippen LogP contribution < -0.4 is 0 Å². The second-order valence-electron chi connectivity index (χ2n) is 8.05. The lowest BCUT2D eigenvalue weighted by Crippen LogP contribution is -2.27. The number of hydrogen-bond donors (Lipinski definition) is 0. The van der Waals surface area contributed by atoms with Gasteiger partial charge in [0.1, 0.15) is 0 Å². The molecule has 1 fully saturated rings. The number of carbonyl (C=O) groups is 1. The highest BCUT2D eigenvalue weighted by Crippen LogP contribution is 2.44. The van der Waals surface area contributed by atoms with E-state index >= 15 is 0 Å². The van der Waals surface area contributed by atoms with Crippen LogP contribution in [0.15, 0.2) is 60.7 Å². The number of carbonyl (C=O) groups excluding carboxylic acids is 1. The Balaban J connectivity index is 1.71. The minimum atomic E-state index is -0.0424. The maximum Gasteiger partial charge on any atom is 0.170 e. The molecular weight excluding hydrogens is 316 g/mol. The fourth-order valence-electron chi connectivity index (χ4n) is 4.99. The Kier molecular flexibility index (Phi) is 5.06. The molecule has 0 N–H and O–H groups in total. The third-order valence-corrected chi connectivity index (χ3v) is 6.28. The zero-order valence-corrected chi connectivity index (χ0v) is 15.7. The summed E-state index contributed by atoms with van der Waals surface area (Å²) >= 11 is 0. The van der Waals surface area contributed by atoms with Crippen LogP contribution in [-0.2, 0) is 0 Å². The number of fused-ring (bicyclic) bond motifs is 1. The molecule has 1 saturated carbocycles. The molecule has 2 aromatic rings. The number of allylic oxidation sites excluding steroid dienone is 2. The number of Topliss-reactive ketones (excluding diaryl/α,β-unsaturated/α-hetero) is 1. The first-order chi connectivity index (χ1) is 12.7. The van der Waals surface area contributed by atoms with Crippen molar-refractivity contribution < 1.29 is 4.79 Å². The highest BCUT2D eigenvalue weighted by molar-refractivity contribution is 6.02. The van der Waals surface area contributed by atoms with E-state index in [1.165, 1.54) is 48.8 Å². The molecule has 134 valence electrons. The minimum Gasteiger partial charge on any atom is -0.293 e. The molecule has 0 heterocycles. The first kappa shape index (κ1) is 17.3. The highest BCUT2D eigenvalue weighted by atomic mass is 16.1. The fourth-order valence-corrected chi connectivity index (χ4v) is 4.99. The van der Waals surface area contributed by atoms with Crippen LogP contribution in [0.4, 0.5) is 0 Å². The lowest BCUT2D eigenvalue weighted by Gasteiger charge is -2.34. The van der Waals surface area contributed by atoms with Crippen molar-refractivity contribution in [3.05, 3.63) is 77.4 Å². The Morgan fingerprint density at radius 1 is 0.923 bits per heavy atom. The highest BCUT2D eigenvalue weighted by Gasteiger charge is 2.35. The molecule has 0 aliphatic heterocycles. The van der Waals surface area contributed by atoms with Gasteiger partial charge in [-0.05, 0) is 41.9 Å². The van der Waals surface area contributed by atoms with Crippen molar-refractivity contribution in [1.29, 1.82) is 0 Å². The van der Waals surface area contributed by atoms with Gasteiger partial charge in [0.05, 0.1) is 5.92 Å². The first-order valence-corrected chi connectivity index (χ1v) is 10.1. The summed E-state index contributed by atoms with van der Waals surface area (Å²) in [6.07, 6.45) is 10.3. The van der Waals surface area contributed by atoms with Gasteiger partial charge in [-0.15, -0.1) is 0 Å². The fraction of sp³-hybridized carbons (Fsp3) is 0.400. The van der Waals surface area contributed by atoms with E-state index in [4.69, 9.17) is 0 Å². The largest absolute Gasteiger partial charge is 0.293 e. The van der Waals surface area contributed by atoms with Crippen LogP contribution in [0, 0.1) is 11.8 Å². The molecule has 2 aliphatic rings. The molecule has 0 amide bonds. The topological polar surface area (TPSA) is 17.1 Å². The Bertz CT molecular complexity index is 796. The van der Waals surface area contributed by atoms with Crippen LogP contribution in [0.25, 0.3) is 5.57 Å². The van der Waals surface area contributed by atoms with Gasteiger partial charge < -0.3 is 0 Å². The molecule has 0 radical (unpaired) electrons. The van der Waals surface area contributed by atoms with E-state index in [1.807, 2.05) is 30.3 Å². The van der Waals surface area contributed by atoms with E-state index in [-0.39, 0.29) is 11.7 Å². The van der Waals surface area contributed by atoms with Gasteiger partial charge in [-0.1, -0.05) is 92.8 Å². The second kappa shape index (κ2) is 7.61. The Morgan fingerprint density at radius 3 is 2.38 bits per heavy atom. The lowest BCUT2D eigenvalue weighted by atomic mass is 9.69. The van der Waals surface area contributed by atoms with Gasteiger partial charge >= 0.3 is 0 Å². The van der Waals surface area contributed by atoms with Gasteiger partial charge in [-0.3, -0.25) is 4.79 Å². The molecule has 26 heavy (non-hydrogen) atoms. The number of ketones is 1. The summed E-state index contributed by atoms with van der Waals surface area (Å²) in [5.74, 6) is 1.33. The first-order valence-electron chi connectivity index (χ1n) is 10.1. The average molecular weight is 344 g/mol. The predicted octanol–water partition coefficient (Wildman–Crippen LogP) is 6.66. The molecule has 0 saturated heterocycles. The Labute approximate surface area is 157 Å². The van der Waals surface area contributed by atoms with Gasteiger partial charge in [0.25, 0.3) is 0 Å². The molecule has 0 aromatic heterocycles. The van der Waals surface area contributed by atoms with Crippen LogP contribution in [0.2, 0.25) is 0 Å². The van der Waals surface area contributed by atoms with Gasteiger partial charge in [-0.2, -0.15) is 0 Å². The normalized spacial score (nSPS) is 23.2. The maximum absolute atomic E-state index is 13.5. The van der Waals surface area contributed by atoms with Gasteiger partial charge in [0, 0.05) is 5.56 Å². The van der Waals surface area contributed by atoms with Crippen molar-refractivity contribution in [3.63, 3.8) is 0 Å². The summed E-state index contributed by atoms with van der Waals surface area (Å²) in [5, 5.41) is 0. The van der Waals surface area contributed by atoms with Crippen molar-refractivity contribution in [2.24, 2.45) is 11.8 Å². The van der Waals surface area contributed by atoms with Crippen molar-refractivity contribution in [2.75, 3.05) is 0 Å². The van der Waals surface area contributed by atoms with Crippen LogP contribution in [0.5, 0.6) is 0 Å². The van der Waals surface area contributed by atoms with E-state index in [1.54, 1.807) is 0 Å². The molecule has 2 aliphatic carbocycles. The van der Waals surface area contributed by atoms with Crippen molar-refractivity contribution in [3.8, 4) is 0 Å². The molecule has 0 bridgehead atoms. The molecular formula is C25H28O. The van der Waals surface area contributed by atoms with E-state index in [2.05, 4.69) is 37.3 Å². The van der Waals surface area contributed by atoms with E-state index in [9.17, 15) is 4.79 Å². The minimum absolute atomic E-state index is 0.0424. The van der Waals surface area contributed by atoms with Crippen LogP contribution >= 0.6 is 0 Å². The molecule has 2 unspecified atom stereocenters. The summed E-state index contributed by atoms with van der Waals surface area (Å²) < 4.78 is 0. The monoisotopic (exact) mass is 344 g/mol. The number of benzene rings is 2. The molecule has 0 spiro atoms. The molecule has 1 nitrogen and oxygen atoms in total. The lowest BCUT2D eigenvalue weighted by molar-refractivity contribution is 0.0929. The van der Waals surface area contributed by atoms with Crippen molar-refractivity contribution in [1.82, 2.24) is 0 Å². The molecule has 2 atom stereocenters. The third kappa shape index (κ3) is 3.40. The third-order valence-electron chi connectivity index (χ3n) is 6.28. The summed E-state index contributed by atoms with van der Waals surface area (Å²) in [4.78, 5) is 13.5. The standard InChI is InChI=1S/C25H28O/c1-18-16-21(17-19-10-4-2-5-11-19)24(23-15-9-8-14-22(18)23)25(26)20-12-6-3-7-13-20/h3,6-9,12-16,19,21,24H,2,4-5,10-11,17H2,1H3. The second-order valence-corrected chi connectivity index (χ2v) is 8.05. The summed E-state index contributed by atoms with van der Waals surface area (Å²) in [6, 6.07) is 18.4. The van der Waals surface area contributed by atoms with Crippen LogP contribution in [0.3, 0.4) is 0 Å². The smallest absolute Gasteiger partial charge is 0.170 e. The van der Waals surface area contributed by atoms with Gasteiger partial charge in [-0.25, -0.2) is 0 Å². The zero-order valence-electron chi connectivity index (χ0n) is 15.7. The summed E-state index contributed by atoms with van der Waals surface area (Å²) in [5.41, 5.74) is 4.65. The maximum atomic E-state index is 13.5. The average Bonchev–Trinajstić information content (AvgIpc) is 2.69. The summed E-state index contributed by atoms with van der Waals surface area (Å²) in [6.45, 7) is 2.20. The molecule has 4 rings (SSSR count). The molecule has 2 aromatic carbocycles. The molecule has 1 heteroatoms. The SMILES string of the molecule is CC1=CC(CC2CCCCC2)C(C(=O)c2ccccc2)c2ccccc21. The predicted molar refractivity (Wildman–Crippen MR) is 108 cm³/mol. The Hall–Kier alpha value is -2.15. The zero-order chi connectivity index (χ0) is 17.9. The van der Waals surface area contributed by atoms with Gasteiger partial charge in [0.15, 0.2) is 5.78 Å². The summed E-state index contributed by atoms with van der Waals surface area (Å²) in [7, 11) is 0.